The Morgan fingerprint density at radius 1 is 1.53 bits per heavy atom. The molecule has 0 saturated heterocycles. The molecule has 1 heterocycles. The molecule has 1 rings (SSSR count). The van der Waals surface area contributed by atoms with Gasteiger partial charge in [0.05, 0.1) is 18.7 Å². The Morgan fingerprint density at radius 2 is 2.24 bits per heavy atom. The predicted octanol–water partition coefficient (Wildman–Crippen LogP) is 0.667. The van der Waals surface area contributed by atoms with Gasteiger partial charge in [-0.3, -0.25) is 4.68 Å². The second-order valence-electron chi connectivity index (χ2n) is 3.86. The summed E-state index contributed by atoms with van der Waals surface area (Å²) < 4.78 is 37.7. The summed E-state index contributed by atoms with van der Waals surface area (Å²) in [5.74, 6) is 0. The Hall–Kier alpha value is -1.15. The topological polar surface area (TPSA) is 68.8 Å². The molecule has 0 fully saturated rings. The SMILES string of the molecule is CC(CC(F)(F)F)NCc1cn(CCN)nn1. The van der Waals surface area contributed by atoms with Crippen LogP contribution in [0.1, 0.15) is 19.0 Å². The molecular weight excluding hydrogens is 235 g/mol. The molecule has 5 nitrogen and oxygen atoms in total. The smallest absolute Gasteiger partial charge is 0.329 e. The molecule has 17 heavy (non-hydrogen) atoms. The monoisotopic (exact) mass is 251 g/mol. The Balaban J connectivity index is 2.34. The van der Waals surface area contributed by atoms with Gasteiger partial charge in [-0.15, -0.1) is 5.10 Å². The maximum absolute atomic E-state index is 12.1. The van der Waals surface area contributed by atoms with Crippen molar-refractivity contribution in [3.63, 3.8) is 0 Å². The van der Waals surface area contributed by atoms with Gasteiger partial charge in [0.1, 0.15) is 0 Å². The molecule has 8 heteroatoms. The van der Waals surface area contributed by atoms with Crippen molar-refractivity contribution in [2.75, 3.05) is 6.54 Å². The molecule has 98 valence electrons. The molecule has 1 aromatic rings. The molecule has 0 aliphatic rings. The van der Waals surface area contributed by atoms with Crippen LogP contribution in [0, 0.1) is 0 Å². The zero-order valence-corrected chi connectivity index (χ0v) is 9.54. The lowest BCUT2D eigenvalue weighted by molar-refractivity contribution is -0.139. The van der Waals surface area contributed by atoms with Gasteiger partial charge in [-0.1, -0.05) is 5.21 Å². The van der Waals surface area contributed by atoms with Crippen LogP contribution in [0.2, 0.25) is 0 Å². The Bertz CT molecular complexity index is 336. The lowest BCUT2D eigenvalue weighted by Gasteiger charge is -2.14. The minimum absolute atomic E-state index is 0.266. The number of nitrogens with two attached hydrogens (primary N) is 1. The molecule has 0 radical (unpaired) electrons. The molecule has 1 unspecified atom stereocenters. The first-order valence-electron chi connectivity index (χ1n) is 5.30. The van der Waals surface area contributed by atoms with Gasteiger partial charge >= 0.3 is 6.18 Å². The number of hydrogen-bond donors (Lipinski definition) is 2. The average Bonchev–Trinajstić information content (AvgIpc) is 2.61. The maximum Gasteiger partial charge on any atom is 0.390 e. The van der Waals surface area contributed by atoms with Crippen molar-refractivity contribution in [3.8, 4) is 0 Å². The van der Waals surface area contributed by atoms with Gasteiger partial charge in [0, 0.05) is 25.3 Å². The molecule has 0 aliphatic carbocycles. The lowest BCUT2D eigenvalue weighted by Crippen LogP contribution is -2.30. The van der Waals surface area contributed by atoms with E-state index in [1.165, 1.54) is 6.92 Å². The summed E-state index contributed by atoms with van der Waals surface area (Å²) in [6.45, 7) is 2.74. The van der Waals surface area contributed by atoms with E-state index >= 15 is 0 Å². The second kappa shape index (κ2) is 5.97. The zero-order valence-electron chi connectivity index (χ0n) is 9.54. The number of alkyl halides is 3. The summed E-state index contributed by atoms with van der Waals surface area (Å²) in [6, 6.07) is -0.644. The van der Waals surface area contributed by atoms with Crippen molar-refractivity contribution >= 4 is 0 Å². The first-order valence-corrected chi connectivity index (χ1v) is 5.30. The van der Waals surface area contributed by atoms with Crippen molar-refractivity contribution in [1.82, 2.24) is 20.3 Å². The van der Waals surface area contributed by atoms with Crippen LogP contribution in [0.3, 0.4) is 0 Å². The van der Waals surface area contributed by atoms with Crippen LogP contribution in [0.15, 0.2) is 6.20 Å². The molecule has 1 aromatic heterocycles. The average molecular weight is 251 g/mol. The van der Waals surface area contributed by atoms with E-state index in [2.05, 4.69) is 15.6 Å². The van der Waals surface area contributed by atoms with E-state index in [1.54, 1.807) is 10.9 Å². The van der Waals surface area contributed by atoms with Crippen molar-refractivity contribution in [2.24, 2.45) is 5.73 Å². The van der Waals surface area contributed by atoms with Gasteiger partial charge in [-0.25, -0.2) is 0 Å². The van der Waals surface area contributed by atoms with Crippen LogP contribution in [-0.2, 0) is 13.1 Å². The van der Waals surface area contributed by atoms with Crippen LogP contribution < -0.4 is 11.1 Å². The Morgan fingerprint density at radius 3 is 2.82 bits per heavy atom. The highest BCUT2D eigenvalue weighted by Crippen LogP contribution is 2.21. The van der Waals surface area contributed by atoms with Crippen molar-refractivity contribution in [1.29, 1.82) is 0 Å². The fourth-order valence-electron chi connectivity index (χ4n) is 1.36. The summed E-state index contributed by atoms with van der Waals surface area (Å²) in [4.78, 5) is 0. The highest BCUT2D eigenvalue weighted by molar-refractivity contribution is 4.92. The molecule has 0 amide bonds. The van der Waals surface area contributed by atoms with E-state index in [9.17, 15) is 13.2 Å². The molecule has 0 spiro atoms. The van der Waals surface area contributed by atoms with E-state index in [1.807, 2.05) is 0 Å². The van der Waals surface area contributed by atoms with Gasteiger partial charge in [-0.05, 0) is 6.92 Å². The lowest BCUT2D eigenvalue weighted by atomic mass is 10.2. The van der Waals surface area contributed by atoms with E-state index < -0.39 is 18.6 Å². The van der Waals surface area contributed by atoms with Crippen LogP contribution in [0.4, 0.5) is 13.2 Å². The molecule has 0 saturated carbocycles. The number of aromatic nitrogens is 3. The standard InChI is InChI=1S/C9H16F3N5/c1-7(4-9(10,11)12)14-5-8-6-17(3-2-13)16-15-8/h6-7,14H,2-5,13H2,1H3. The Labute approximate surface area is 97.2 Å². The first kappa shape index (κ1) is 13.9. The highest BCUT2D eigenvalue weighted by Gasteiger charge is 2.29. The van der Waals surface area contributed by atoms with Crippen molar-refractivity contribution < 1.29 is 13.2 Å². The van der Waals surface area contributed by atoms with Crippen molar-refractivity contribution in [2.45, 2.75) is 38.7 Å². The normalized spacial score (nSPS) is 13.9. The molecule has 0 aliphatic heterocycles. The first-order chi connectivity index (χ1) is 7.90. The van der Waals surface area contributed by atoms with Gasteiger partial charge in [0.25, 0.3) is 0 Å². The summed E-state index contributed by atoms with van der Waals surface area (Å²) in [5, 5.41) is 10.3. The highest BCUT2D eigenvalue weighted by atomic mass is 19.4. The summed E-state index contributed by atoms with van der Waals surface area (Å²) in [6.07, 6.45) is -3.34. The molecular formula is C9H16F3N5. The summed E-state index contributed by atoms with van der Waals surface area (Å²) in [5.41, 5.74) is 5.94. The summed E-state index contributed by atoms with van der Waals surface area (Å²) >= 11 is 0. The number of halogens is 3. The van der Waals surface area contributed by atoms with E-state index in [0.717, 1.165) is 0 Å². The quantitative estimate of drug-likeness (QED) is 0.779. The van der Waals surface area contributed by atoms with Gasteiger partial charge < -0.3 is 11.1 Å². The minimum atomic E-state index is -4.15. The van der Waals surface area contributed by atoms with Crippen LogP contribution in [-0.4, -0.2) is 33.8 Å². The number of nitrogens with one attached hydrogen (secondary N) is 1. The largest absolute Gasteiger partial charge is 0.390 e. The fourth-order valence-corrected chi connectivity index (χ4v) is 1.36. The zero-order chi connectivity index (χ0) is 12.9. The predicted molar refractivity (Wildman–Crippen MR) is 56.1 cm³/mol. The van der Waals surface area contributed by atoms with Crippen molar-refractivity contribution in [3.05, 3.63) is 11.9 Å². The minimum Gasteiger partial charge on any atom is -0.329 e. The Kier molecular flexibility index (Phi) is 4.88. The number of rotatable bonds is 6. The van der Waals surface area contributed by atoms with Gasteiger partial charge in [-0.2, -0.15) is 13.2 Å². The number of nitrogens with zero attached hydrogens (tertiary/aromatic N) is 3. The third-order valence-electron chi connectivity index (χ3n) is 2.11. The third kappa shape index (κ3) is 5.64. The van der Waals surface area contributed by atoms with Crippen LogP contribution in [0.25, 0.3) is 0 Å². The van der Waals surface area contributed by atoms with E-state index in [4.69, 9.17) is 5.73 Å². The number of hydrogen-bond acceptors (Lipinski definition) is 4. The second-order valence-corrected chi connectivity index (χ2v) is 3.86. The van der Waals surface area contributed by atoms with Gasteiger partial charge in [0.15, 0.2) is 0 Å². The van der Waals surface area contributed by atoms with Crippen LogP contribution >= 0.6 is 0 Å². The van der Waals surface area contributed by atoms with E-state index in [0.29, 0.717) is 18.8 Å². The summed E-state index contributed by atoms with van der Waals surface area (Å²) in [7, 11) is 0. The molecule has 0 aromatic carbocycles. The molecule has 3 N–H and O–H groups in total. The van der Waals surface area contributed by atoms with E-state index in [-0.39, 0.29) is 6.54 Å². The fraction of sp³-hybridized carbons (Fsp3) is 0.778. The van der Waals surface area contributed by atoms with Crippen LogP contribution in [0.5, 0.6) is 0 Å². The van der Waals surface area contributed by atoms with Gasteiger partial charge in [0.2, 0.25) is 0 Å². The molecule has 0 bridgehead atoms. The maximum atomic E-state index is 12.1. The third-order valence-corrected chi connectivity index (χ3v) is 2.11. The molecule has 1 atom stereocenters.